The third kappa shape index (κ3) is 4.79. The van der Waals surface area contributed by atoms with E-state index < -0.39 is 16.9 Å². The quantitative estimate of drug-likeness (QED) is 0.239. The smallest absolute Gasteiger partial charge is 0.323 e. The maximum Gasteiger partial charge on any atom is 0.323 e. The first-order valence-electron chi connectivity index (χ1n) is 7.06. The van der Waals surface area contributed by atoms with Crippen LogP contribution in [0.15, 0.2) is 15.6 Å². The van der Waals surface area contributed by atoms with Crippen molar-refractivity contribution in [3.8, 4) is 0 Å². The molecule has 1 heterocycles. The Labute approximate surface area is 145 Å². The van der Waals surface area contributed by atoms with E-state index in [9.17, 15) is 19.7 Å². The summed E-state index contributed by atoms with van der Waals surface area (Å²) in [6, 6.07) is 1.42. The summed E-state index contributed by atoms with van der Waals surface area (Å²) in [6.07, 6.45) is 0.443. The van der Waals surface area contributed by atoms with Crippen LogP contribution in [0.2, 0.25) is 0 Å². The van der Waals surface area contributed by atoms with Gasteiger partial charge < -0.3 is 14.2 Å². The highest BCUT2D eigenvalue weighted by Crippen LogP contribution is 2.38. The van der Waals surface area contributed by atoms with E-state index in [-0.39, 0.29) is 29.0 Å². The SMILES string of the molecule is CC(=O)OCCCNc1cc(SOC(C)=O)c2nonc2c1[N+](=O)[O-]. The maximum absolute atomic E-state index is 11.4. The van der Waals surface area contributed by atoms with Crippen molar-refractivity contribution in [1.82, 2.24) is 10.3 Å². The number of ether oxygens (including phenoxy) is 1. The zero-order valence-electron chi connectivity index (χ0n) is 13.3. The lowest BCUT2D eigenvalue weighted by Crippen LogP contribution is -2.09. The number of rotatable bonds is 8. The fourth-order valence-corrected chi connectivity index (χ4v) is 2.48. The molecule has 0 spiro atoms. The number of aromatic nitrogens is 2. The van der Waals surface area contributed by atoms with Crippen molar-refractivity contribution in [3.63, 3.8) is 0 Å². The molecule has 1 N–H and O–H groups in total. The fraction of sp³-hybridized carbons (Fsp3) is 0.385. The third-order valence-corrected chi connectivity index (χ3v) is 3.66. The minimum atomic E-state index is -0.610. The molecule has 2 aromatic rings. The van der Waals surface area contributed by atoms with Gasteiger partial charge in [-0.15, -0.1) is 0 Å². The Hall–Kier alpha value is -2.89. The molecule has 0 amide bonds. The van der Waals surface area contributed by atoms with Crippen LogP contribution in [0.4, 0.5) is 11.4 Å². The Morgan fingerprint density at radius 2 is 2.04 bits per heavy atom. The van der Waals surface area contributed by atoms with Gasteiger partial charge in [-0.05, 0) is 22.8 Å². The average molecular weight is 370 g/mol. The summed E-state index contributed by atoms with van der Waals surface area (Å²) in [5, 5.41) is 21.5. The summed E-state index contributed by atoms with van der Waals surface area (Å²) in [6.45, 7) is 3.01. The molecule has 0 saturated carbocycles. The molecular formula is C13H14N4O7S. The Kier molecular flexibility index (Phi) is 6.11. The van der Waals surface area contributed by atoms with E-state index in [1.54, 1.807) is 0 Å². The first-order chi connectivity index (χ1) is 11.9. The van der Waals surface area contributed by atoms with E-state index in [4.69, 9.17) is 8.92 Å². The number of hydrogen-bond acceptors (Lipinski definition) is 11. The van der Waals surface area contributed by atoms with Gasteiger partial charge in [0.25, 0.3) is 0 Å². The summed E-state index contributed by atoms with van der Waals surface area (Å²) in [5.74, 6) is -0.940. The number of hydrogen-bond donors (Lipinski definition) is 1. The van der Waals surface area contributed by atoms with Gasteiger partial charge in [0.1, 0.15) is 5.69 Å². The lowest BCUT2D eigenvalue weighted by Gasteiger charge is -2.09. The molecule has 0 radical (unpaired) electrons. The molecule has 1 aromatic carbocycles. The lowest BCUT2D eigenvalue weighted by atomic mass is 10.2. The Balaban J connectivity index is 2.26. The molecule has 0 fully saturated rings. The van der Waals surface area contributed by atoms with Gasteiger partial charge in [0.15, 0.2) is 5.52 Å². The van der Waals surface area contributed by atoms with Gasteiger partial charge in [-0.2, -0.15) is 0 Å². The molecule has 0 atom stereocenters. The zero-order valence-corrected chi connectivity index (χ0v) is 14.1. The Bertz CT molecular complexity index is 807. The molecule has 1 aromatic heterocycles. The Morgan fingerprint density at radius 3 is 2.68 bits per heavy atom. The summed E-state index contributed by atoms with van der Waals surface area (Å²) < 4.78 is 14.2. The van der Waals surface area contributed by atoms with E-state index in [1.165, 1.54) is 19.9 Å². The van der Waals surface area contributed by atoms with Crippen molar-refractivity contribution >= 4 is 46.4 Å². The maximum atomic E-state index is 11.4. The highest BCUT2D eigenvalue weighted by molar-refractivity contribution is 7.95. The first-order valence-corrected chi connectivity index (χ1v) is 7.80. The van der Waals surface area contributed by atoms with E-state index >= 15 is 0 Å². The predicted octanol–water partition coefficient (Wildman–Crippen LogP) is 2.07. The van der Waals surface area contributed by atoms with E-state index in [0.29, 0.717) is 29.9 Å². The molecule has 25 heavy (non-hydrogen) atoms. The van der Waals surface area contributed by atoms with Crippen LogP contribution in [0, 0.1) is 10.1 Å². The molecular weight excluding hydrogens is 356 g/mol. The van der Waals surface area contributed by atoms with Crippen LogP contribution < -0.4 is 5.32 Å². The second kappa shape index (κ2) is 8.28. The van der Waals surface area contributed by atoms with Crippen molar-refractivity contribution in [2.45, 2.75) is 25.2 Å². The fourth-order valence-electron chi connectivity index (χ4n) is 1.90. The van der Waals surface area contributed by atoms with Gasteiger partial charge in [0.05, 0.1) is 28.5 Å². The normalized spacial score (nSPS) is 10.5. The topological polar surface area (TPSA) is 147 Å². The number of carbonyl (C=O) groups is 2. The van der Waals surface area contributed by atoms with E-state index in [0.717, 1.165) is 0 Å². The standard InChI is InChI=1S/C13H14N4O7S/c1-7(18)22-5-3-4-14-9-6-10(25-23-8(2)19)11-12(16-24-15-11)13(9)17(20)21/h6,14H,3-5H2,1-2H3. The van der Waals surface area contributed by atoms with Crippen molar-refractivity contribution < 1.29 is 28.1 Å². The van der Waals surface area contributed by atoms with Crippen LogP contribution in [0.25, 0.3) is 11.0 Å². The summed E-state index contributed by atoms with van der Waals surface area (Å²) >= 11 is 0.701. The number of esters is 1. The molecule has 11 nitrogen and oxygen atoms in total. The Morgan fingerprint density at radius 1 is 1.32 bits per heavy atom. The van der Waals surface area contributed by atoms with Crippen molar-refractivity contribution in [2.24, 2.45) is 0 Å². The van der Waals surface area contributed by atoms with Gasteiger partial charge in [-0.25, -0.2) is 4.63 Å². The molecule has 0 aliphatic carbocycles. The number of fused-ring (bicyclic) bond motifs is 1. The van der Waals surface area contributed by atoms with Gasteiger partial charge in [-0.3, -0.25) is 19.7 Å². The van der Waals surface area contributed by atoms with Crippen LogP contribution in [0.5, 0.6) is 0 Å². The van der Waals surface area contributed by atoms with Crippen LogP contribution in [-0.2, 0) is 18.5 Å². The van der Waals surface area contributed by atoms with Gasteiger partial charge in [-0.1, -0.05) is 0 Å². The molecule has 0 unspecified atom stereocenters. The number of benzene rings is 1. The van der Waals surface area contributed by atoms with Crippen molar-refractivity contribution in [1.29, 1.82) is 0 Å². The van der Waals surface area contributed by atoms with Crippen LogP contribution >= 0.6 is 12.0 Å². The molecule has 0 bridgehead atoms. The zero-order chi connectivity index (χ0) is 18.4. The average Bonchev–Trinajstić information content (AvgIpc) is 3.00. The molecule has 0 saturated heterocycles. The summed E-state index contributed by atoms with van der Waals surface area (Å²) in [7, 11) is 0. The summed E-state index contributed by atoms with van der Waals surface area (Å²) in [4.78, 5) is 32.8. The highest BCUT2D eigenvalue weighted by atomic mass is 32.2. The number of nitrogens with one attached hydrogen (secondary N) is 1. The van der Waals surface area contributed by atoms with Crippen LogP contribution in [0.3, 0.4) is 0 Å². The minimum absolute atomic E-state index is 0.0651. The van der Waals surface area contributed by atoms with Crippen LogP contribution in [-0.4, -0.2) is 40.3 Å². The molecule has 134 valence electrons. The van der Waals surface area contributed by atoms with Gasteiger partial charge in [0.2, 0.25) is 5.52 Å². The van der Waals surface area contributed by atoms with Gasteiger partial charge >= 0.3 is 17.6 Å². The summed E-state index contributed by atoms with van der Waals surface area (Å²) in [5.41, 5.74) is -0.102. The second-order valence-corrected chi connectivity index (χ2v) is 5.54. The number of anilines is 1. The third-order valence-electron chi connectivity index (χ3n) is 2.85. The molecule has 0 aliphatic rings. The molecule has 12 heteroatoms. The predicted molar refractivity (Wildman–Crippen MR) is 85.8 cm³/mol. The lowest BCUT2D eigenvalue weighted by molar-refractivity contribution is -0.382. The number of carbonyl (C=O) groups excluding carboxylic acids is 2. The van der Waals surface area contributed by atoms with Crippen LogP contribution in [0.1, 0.15) is 20.3 Å². The highest BCUT2D eigenvalue weighted by Gasteiger charge is 2.26. The van der Waals surface area contributed by atoms with Crippen molar-refractivity contribution in [2.75, 3.05) is 18.5 Å². The van der Waals surface area contributed by atoms with E-state index in [2.05, 4.69) is 20.3 Å². The monoisotopic (exact) mass is 370 g/mol. The van der Waals surface area contributed by atoms with Crippen molar-refractivity contribution in [3.05, 3.63) is 16.2 Å². The number of nitro groups is 1. The first kappa shape index (κ1) is 18.4. The molecule has 0 aliphatic heterocycles. The molecule has 2 rings (SSSR count). The number of nitro benzene ring substituents is 1. The number of nitrogens with zero attached hydrogens (tertiary/aromatic N) is 3. The second-order valence-electron chi connectivity index (χ2n) is 4.77. The van der Waals surface area contributed by atoms with Gasteiger partial charge in [0, 0.05) is 20.4 Å². The largest absolute Gasteiger partial charge is 0.466 e. The minimum Gasteiger partial charge on any atom is -0.466 e. The van der Waals surface area contributed by atoms with E-state index in [1.807, 2.05) is 0 Å².